The minimum absolute atomic E-state index is 0.220. The van der Waals surface area contributed by atoms with Gasteiger partial charge in [0.2, 0.25) is 11.6 Å². The lowest BCUT2D eigenvalue weighted by molar-refractivity contribution is -0.353. The minimum atomic E-state index is -2.08. The van der Waals surface area contributed by atoms with Crippen molar-refractivity contribution in [3.05, 3.63) is 75.9 Å². The molecule has 0 aromatic heterocycles. The quantitative estimate of drug-likeness (QED) is 0.262. The van der Waals surface area contributed by atoms with Crippen LogP contribution in [0.1, 0.15) is 0 Å². The van der Waals surface area contributed by atoms with Gasteiger partial charge in [-0.1, -0.05) is 36.5 Å². The molecule has 0 aliphatic rings. The minimum Gasteiger partial charge on any atom is -0.392 e. The van der Waals surface area contributed by atoms with Crippen LogP contribution < -0.4 is 0 Å². The van der Waals surface area contributed by atoms with E-state index in [1.807, 2.05) is 0 Å². The summed E-state index contributed by atoms with van der Waals surface area (Å²) in [5, 5.41) is 33.8. The van der Waals surface area contributed by atoms with Crippen LogP contribution in [0.4, 0.5) is 0 Å². The second kappa shape index (κ2) is 12.6. The van der Waals surface area contributed by atoms with Gasteiger partial charge in [-0.25, -0.2) is 0 Å². The summed E-state index contributed by atoms with van der Waals surface area (Å²) in [6, 6.07) is 0. The lowest BCUT2D eigenvalue weighted by Gasteiger charge is -2.56. The molecule has 0 aromatic carbocycles. The van der Waals surface area contributed by atoms with E-state index in [1.165, 1.54) is 4.90 Å². The molecule has 0 saturated heterocycles. The summed E-state index contributed by atoms with van der Waals surface area (Å²) in [7, 11) is 0. The van der Waals surface area contributed by atoms with Crippen molar-refractivity contribution in [1.29, 1.82) is 0 Å². The van der Waals surface area contributed by atoms with Gasteiger partial charge in [-0.15, -0.1) is 39.5 Å². The normalized spacial score (nSPS) is 14.0. The molecule has 152 valence electrons. The molecular weight excluding hydrogens is 342 g/mol. The van der Waals surface area contributed by atoms with Crippen LogP contribution in [0.25, 0.3) is 0 Å². The maximum atomic E-state index is 11.9. The van der Waals surface area contributed by atoms with E-state index in [-0.39, 0.29) is 39.3 Å². The first-order valence-corrected chi connectivity index (χ1v) is 8.83. The highest BCUT2D eigenvalue weighted by Crippen LogP contribution is 2.34. The lowest BCUT2D eigenvalue weighted by atomic mass is 10.0. The van der Waals surface area contributed by atoms with Crippen molar-refractivity contribution in [3.8, 4) is 0 Å². The number of rotatable bonds is 17. The molecule has 0 heterocycles. The molecule has 0 aliphatic heterocycles. The Balaban J connectivity index is 6.67. The summed E-state index contributed by atoms with van der Waals surface area (Å²) in [6.45, 7) is 23.0. The Kier molecular flexibility index (Phi) is 11.7. The van der Waals surface area contributed by atoms with Crippen molar-refractivity contribution in [2.45, 2.75) is 11.6 Å². The van der Waals surface area contributed by atoms with Crippen LogP contribution in [0, 0.1) is 0 Å². The summed E-state index contributed by atoms with van der Waals surface area (Å²) in [6.07, 6.45) is 9.60. The van der Waals surface area contributed by atoms with Gasteiger partial charge in [0.15, 0.2) is 0 Å². The van der Waals surface area contributed by atoms with Crippen molar-refractivity contribution in [2.24, 2.45) is 0 Å². The average Bonchev–Trinajstić information content (AvgIpc) is 2.66. The molecule has 0 saturated carbocycles. The van der Waals surface area contributed by atoms with E-state index in [0.29, 0.717) is 0 Å². The van der Waals surface area contributed by atoms with Gasteiger partial charge in [0.05, 0.1) is 6.61 Å². The van der Waals surface area contributed by atoms with E-state index in [4.69, 9.17) is 0 Å². The Hall–Kier alpha value is -1.80. The SMILES string of the molecule is C=CCN(CC=C)C(O)(CO)C(O)(N(CC=C)CC=C)N(CC=C)CC=C. The first-order valence-electron chi connectivity index (χ1n) is 8.83. The number of aliphatic hydroxyl groups is 3. The van der Waals surface area contributed by atoms with Crippen molar-refractivity contribution in [3.63, 3.8) is 0 Å². The summed E-state index contributed by atoms with van der Waals surface area (Å²) in [5.41, 5.74) is -2.08. The molecule has 0 amide bonds. The van der Waals surface area contributed by atoms with E-state index in [2.05, 4.69) is 39.5 Å². The summed E-state index contributed by atoms with van der Waals surface area (Å²) < 4.78 is 0. The number of hydrogen-bond acceptors (Lipinski definition) is 6. The van der Waals surface area contributed by atoms with Gasteiger partial charge < -0.3 is 15.3 Å². The van der Waals surface area contributed by atoms with Crippen LogP contribution in [0.5, 0.6) is 0 Å². The third kappa shape index (κ3) is 5.59. The largest absolute Gasteiger partial charge is 0.392 e. The molecule has 0 bridgehead atoms. The maximum Gasteiger partial charge on any atom is 0.225 e. The van der Waals surface area contributed by atoms with Crippen LogP contribution in [0.3, 0.4) is 0 Å². The molecule has 0 fully saturated rings. The molecule has 3 N–H and O–H groups in total. The van der Waals surface area contributed by atoms with Crippen LogP contribution in [0.2, 0.25) is 0 Å². The van der Waals surface area contributed by atoms with E-state index >= 15 is 0 Å². The average molecular weight is 378 g/mol. The molecule has 1 atom stereocenters. The molecule has 1 unspecified atom stereocenters. The third-order valence-electron chi connectivity index (χ3n) is 4.26. The predicted octanol–water partition coefficient (Wildman–Crippen LogP) is 1.34. The van der Waals surface area contributed by atoms with E-state index in [0.717, 1.165) is 0 Å². The van der Waals surface area contributed by atoms with E-state index < -0.39 is 18.2 Å². The second-order valence-corrected chi connectivity index (χ2v) is 6.06. The van der Waals surface area contributed by atoms with Crippen molar-refractivity contribution in [1.82, 2.24) is 14.7 Å². The third-order valence-corrected chi connectivity index (χ3v) is 4.26. The molecule has 0 radical (unpaired) electrons. The summed E-state index contributed by atoms with van der Waals surface area (Å²) in [4.78, 5) is 4.66. The fourth-order valence-electron chi connectivity index (χ4n) is 3.09. The van der Waals surface area contributed by atoms with Crippen LogP contribution in [-0.4, -0.2) is 87.5 Å². The molecule has 27 heavy (non-hydrogen) atoms. The van der Waals surface area contributed by atoms with Gasteiger partial charge in [-0.2, -0.15) is 0 Å². The molecule has 0 aromatic rings. The zero-order chi connectivity index (χ0) is 20.9. The van der Waals surface area contributed by atoms with Crippen molar-refractivity contribution in [2.75, 3.05) is 45.9 Å². The fourth-order valence-corrected chi connectivity index (χ4v) is 3.09. The Labute approximate surface area is 164 Å². The monoisotopic (exact) mass is 377 g/mol. The van der Waals surface area contributed by atoms with Gasteiger partial charge in [0.1, 0.15) is 0 Å². The van der Waals surface area contributed by atoms with Crippen LogP contribution >= 0.6 is 0 Å². The Morgan fingerprint density at radius 1 is 0.556 bits per heavy atom. The van der Waals surface area contributed by atoms with E-state index in [9.17, 15) is 15.3 Å². The van der Waals surface area contributed by atoms with Gasteiger partial charge in [0.25, 0.3) is 0 Å². The summed E-state index contributed by atoms with van der Waals surface area (Å²) in [5.74, 6) is -2.02. The van der Waals surface area contributed by atoms with Gasteiger partial charge >= 0.3 is 0 Å². The number of nitrogens with zero attached hydrogens (tertiary/aromatic N) is 3. The fraction of sp³-hybridized carbons (Fsp3) is 0.429. The highest BCUT2D eigenvalue weighted by atomic mass is 16.4. The molecule has 0 aliphatic carbocycles. The first-order chi connectivity index (χ1) is 12.9. The van der Waals surface area contributed by atoms with Gasteiger partial charge in [-0.05, 0) is 0 Å². The molecule has 0 rings (SSSR count). The highest BCUT2D eigenvalue weighted by molar-refractivity contribution is 5.05. The van der Waals surface area contributed by atoms with Crippen LogP contribution in [0.15, 0.2) is 75.9 Å². The second-order valence-electron chi connectivity index (χ2n) is 6.06. The van der Waals surface area contributed by atoms with Crippen LogP contribution in [-0.2, 0) is 0 Å². The van der Waals surface area contributed by atoms with Crippen molar-refractivity contribution >= 4 is 0 Å². The Bertz CT molecular complexity index is 467. The number of hydrogen-bond donors (Lipinski definition) is 3. The molecular formula is C21H35N3O3. The molecule has 0 spiro atoms. The topological polar surface area (TPSA) is 70.4 Å². The summed E-state index contributed by atoms with van der Waals surface area (Å²) >= 11 is 0. The Morgan fingerprint density at radius 2 is 0.815 bits per heavy atom. The predicted molar refractivity (Wildman–Crippen MR) is 113 cm³/mol. The molecule has 6 nitrogen and oxygen atoms in total. The van der Waals surface area contributed by atoms with Gasteiger partial charge in [-0.3, -0.25) is 14.7 Å². The smallest absolute Gasteiger partial charge is 0.225 e. The number of aliphatic hydroxyl groups excluding tert-OH is 1. The zero-order valence-electron chi connectivity index (χ0n) is 16.3. The highest BCUT2D eigenvalue weighted by Gasteiger charge is 2.59. The maximum absolute atomic E-state index is 11.9. The zero-order valence-corrected chi connectivity index (χ0v) is 16.3. The van der Waals surface area contributed by atoms with Gasteiger partial charge in [0, 0.05) is 39.3 Å². The molecule has 6 heteroatoms. The first kappa shape index (κ1) is 25.2. The standard InChI is InChI=1S/C21H35N3O3/c1-7-13-22(14-8-2)20(26,19-25)21(27,23(15-9-3)16-10-4)24(17-11-5)18-12-6/h7-12,25-27H,1-6,13-19H2. The van der Waals surface area contributed by atoms with Crippen molar-refractivity contribution < 1.29 is 15.3 Å². The Morgan fingerprint density at radius 3 is 1.04 bits per heavy atom. The van der Waals surface area contributed by atoms with E-state index in [1.54, 1.807) is 46.3 Å². The lowest BCUT2D eigenvalue weighted by Crippen LogP contribution is -2.79.